The lowest BCUT2D eigenvalue weighted by molar-refractivity contribution is -0.119. The van der Waals surface area contributed by atoms with Gasteiger partial charge in [-0.3, -0.25) is 14.4 Å². The lowest BCUT2D eigenvalue weighted by atomic mass is 10.1. The van der Waals surface area contributed by atoms with Crippen LogP contribution in [0.1, 0.15) is 25.5 Å². The fraction of sp³-hybridized carbons (Fsp3) is 0.217. The molecule has 0 bridgehead atoms. The third kappa shape index (κ3) is 5.15. The lowest BCUT2D eigenvalue weighted by Gasteiger charge is -2.16. The summed E-state index contributed by atoms with van der Waals surface area (Å²) >= 11 is 6.11. The van der Waals surface area contributed by atoms with Gasteiger partial charge < -0.3 is 15.4 Å². The maximum absolute atomic E-state index is 12.8. The predicted octanol–water partition coefficient (Wildman–Crippen LogP) is 4.04. The summed E-state index contributed by atoms with van der Waals surface area (Å²) in [7, 11) is 1.50. The van der Waals surface area contributed by atoms with Gasteiger partial charge in [-0.05, 0) is 49.7 Å². The van der Waals surface area contributed by atoms with E-state index in [1.54, 1.807) is 37.3 Å². The normalized spacial score (nSPS) is 11.5. The number of rotatable bonds is 6. The first-order chi connectivity index (χ1) is 15.2. The number of nitrogens with one attached hydrogen (secondary N) is 2. The quantitative estimate of drug-likeness (QED) is 0.585. The van der Waals surface area contributed by atoms with Gasteiger partial charge in [0, 0.05) is 29.9 Å². The van der Waals surface area contributed by atoms with Crippen LogP contribution in [0.5, 0.6) is 5.75 Å². The van der Waals surface area contributed by atoms with Gasteiger partial charge in [0.15, 0.2) is 0 Å². The number of amides is 2. The molecule has 0 aliphatic heterocycles. The number of ether oxygens (including phenoxy) is 1. The van der Waals surface area contributed by atoms with Gasteiger partial charge in [-0.25, -0.2) is 4.68 Å². The Bertz CT molecular complexity index is 1240. The maximum atomic E-state index is 12.8. The number of hydrogen-bond donors (Lipinski definition) is 2. The highest BCUT2D eigenvalue weighted by atomic mass is 35.5. The van der Waals surface area contributed by atoms with Crippen molar-refractivity contribution in [1.82, 2.24) is 9.78 Å². The number of carbonyl (C=O) groups is 2. The Kier molecular flexibility index (Phi) is 6.95. The van der Waals surface area contributed by atoms with Gasteiger partial charge in [-0.1, -0.05) is 23.7 Å². The van der Waals surface area contributed by atoms with Gasteiger partial charge in [-0.2, -0.15) is 5.10 Å². The molecule has 0 spiro atoms. The lowest BCUT2D eigenvalue weighted by Crippen LogP contribution is -2.33. The summed E-state index contributed by atoms with van der Waals surface area (Å²) in [6.45, 7) is 4.89. The second-order valence-electron chi connectivity index (χ2n) is 7.23. The molecule has 0 aliphatic rings. The number of nitrogens with zero attached hydrogens (tertiary/aromatic N) is 2. The first-order valence-electron chi connectivity index (χ1n) is 9.82. The largest absolute Gasteiger partial charge is 0.495 e. The highest BCUT2D eigenvalue weighted by Crippen LogP contribution is 2.28. The zero-order chi connectivity index (χ0) is 23.4. The molecule has 0 radical (unpaired) electrons. The SMILES string of the molecule is COc1ccc(NC(=O)C(C)n2nc(-c3ccc(C)c(NC(C)=O)c3)ccc2=O)cc1Cl. The van der Waals surface area contributed by atoms with Crippen molar-refractivity contribution >= 4 is 34.8 Å². The first kappa shape index (κ1) is 23.0. The molecule has 1 heterocycles. The number of anilines is 2. The Morgan fingerprint density at radius 2 is 1.84 bits per heavy atom. The molecule has 2 aromatic carbocycles. The number of benzene rings is 2. The summed E-state index contributed by atoms with van der Waals surface area (Å²) in [6.07, 6.45) is 0. The van der Waals surface area contributed by atoms with E-state index in [0.717, 1.165) is 10.2 Å². The summed E-state index contributed by atoms with van der Waals surface area (Å²) in [5, 5.41) is 10.2. The fourth-order valence-electron chi connectivity index (χ4n) is 3.06. The van der Waals surface area contributed by atoms with Crippen LogP contribution in [-0.4, -0.2) is 28.7 Å². The third-order valence-corrected chi connectivity index (χ3v) is 5.13. The Morgan fingerprint density at radius 3 is 2.50 bits per heavy atom. The molecule has 8 nitrogen and oxygen atoms in total. The number of halogens is 1. The van der Waals surface area contributed by atoms with Gasteiger partial charge in [0.2, 0.25) is 11.8 Å². The fourth-order valence-corrected chi connectivity index (χ4v) is 3.32. The van der Waals surface area contributed by atoms with Crippen LogP contribution in [0.2, 0.25) is 5.02 Å². The van der Waals surface area contributed by atoms with Crippen molar-refractivity contribution in [1.29, 1.82) is 0 Å². The highest BCUT2D eigenvalue weighted by molar-refractivity contribution is 6.32. The average Bonchev–Trinajstić information content (AvgIpc) is 2.75. The number of carbonyl (C=O) groups excluding carboxylic acids is 2. The van der Waals surface area contributed by atoms with Crippen LogP contribution in [0, 0.1) is 6.92 Å². The molecular formula is C23H23ClN4O4. The summed E-state index contributed by atoms with van der Waals surface area (Å²) in [4.78, 5) is 36.6. The zero-order valence-corrected chi connectivity index (χ0v) is 18.9. The van der Waals surface area contributed by atoms with Crippen LogP contribution < -0.4 is 20.9 Å². The molecular weight excluding hydrogens is 432 g/mol. The van der Waals surface area contributed by atoms with E-state index in [9.17, 15) is 14.4 Å². The number of aromatic nitrogens is 2. The average molecular weight is 455 g/mol. The van der Waals surface area contributed by atoms with E-state index in [-0.39, 0.29) is 5.91 Å². The van der Waals surface area contributed by atoms with Crippen LogP contribution in [0.25, 0.3) is 11.3 Å². The summed E-state index contributed by atoms with van der Waals surface area (Å²) in [5.74, 6) is -0.132. The van der Waals surface area contributed by atoms with Crippen LogP contribution in [-0.2, 0) is 9.59 Å². The molecule has 0 aliphatic carbocycles. The number of aryl methyl sites for hydroxylation is 1. The van der Waals surface area contributed by atoms with E-state index >= 15 is 0 Å². The molecule has 0 fully saturated rings. The van der Waals surface area contributed by atoms with Crippen molar-refractivity contribution < 1.29 is 14.3 Å². The number of hydrogen-bond acceptors (Lipinski definition) is 5. The monoisotopic (exact) mass is 454 g/mol. The second-order valence-corrected chi connectivity index (χ2v) is 7.63. The molecule has 1 atom stereocenters. The third-order valence-electron chi connectivity index (χ3n) is 4.83. The molecule has 3 aromatic rings. The van der Waals surface area contributed by atoms with Crippen molar-refractivity contribution in [2.75, 3.05) is 17.7 Å². The molecule has 0 saturated heterocycles. The van der Waals surface area contributed by atoms with Gasteiger partial charge in [-0.15, -0.1) is 0 Å². The molecule has 1 aromatic heterocycles. The predicted molar refractivity (Wildman–Crippen MR) is 124 cm³/mol. The van der Waals surface area contributed by atoms with E-state index in [1.807, 2.05) is 19.1 Å². The summed E-state index contributed by atoms with van der Waals surface area (Å²) in [5.41, 5.74) is 2.78. The van der Waals surface area contributed by atoms with E-state index in [2.05, 4.69) is 15.7 Å². The molecule has 9 heteroatoms. The topological polar surface area (TPSA) is 102 Å². The van der Waals surface area contributed by atoms with Gasteiger partial charge in [0.05, 0.1) is 17.8 Å². The molecule has 2 N–H and O–H groups in total. The van der Waals surface area contributed by atoms with E-state index in [1.165, 1.54) is 20.1 Å². The van der Waals surface area contributed by atoms with Crippen LogP contribution in [0.3, 0.4) is 0 Å². The Labute approximate surface area is 190 Å². The highest BCUT2D eigenvalue weighted by Gasteiger charge is 2.19. The minimum Gasteiger partial charge on any atom is -0.495 e. The van der Waals surface area contributed by atoms with Crippen molar-refractivity contribution in [3.05, 3.63) is 69.5 Å². The van der Waals surface area contributed by atoms with E-state index in [4.69, 9.17) is 16.3 Å². The van der Waals surface area contributed by atoms with Crippen molar-refractivity contribution in [3.8, 4) is 17.0 Å². The first-order valence-corrected chi connectivity index (χ1v) is 10.2. The van der Waals surface area contributed by atoms with Crippen molar-refractivity contribution in [3.63, 3.8) is 0 Å². The zero-order valence-electron chi connectivity index (χ0n) is 18.1. The molecule has 2 amide bonds. The van der Waals surface area contributed by atoms with Gasteiger partial charge >= 0.3 is 0 Å². The minimum atomic E-state index is -0.886. The van der Waals surface area contributed by atoms with Crippen molar-refractivity contribution in [2.45, 2.75) is 26.8 Å². The maximum Gasteiger partial charge on any atom is 0.267 e. The van der Waals surface area contributed by atoms with Gasteiger partial charge in [0.25, 0.3) is 5.56 Å². The summed E-state index contributed by atoms with van der Waals surface area (Å²) < 4.78 is 6.23. The molecule has 1 unspecified atom stereocenters. The van der Waals surface area contributed by atoms with Crippen molar-refractivity contribution in [2.24, 2.45) is 0 Å². The molecule has 3 rings (SSSR count). The molecule has 32 heavy (non-hydrogen) atoms. The summed E-state index contributed by atoms with van der Waals surface area (Å²) in [6, 6.07) is 12.4. The molecule has 0 saturated carbocycles. The van der Waals surface area contributed by atoms with E-state index < -0.39 is 17.5 Å². The van der Waals surface area contributed by atoms with Crippen LogP contribution in [0.4, 0.5) is 11.4 Å². The Hall–Kier alpha value is -3.65. The smallest absolute Gasteiger partial charge is 0.267 e. The Morgan fingerprint density at radius 1 is 1.09 bits per heavy atom. The van der Waals surface area contributed by atoms with Crippen LogP contribution >= 0.6 is 11.6 Å². The van der Waals surface area contributed by atoms with Gasteiger partial charge in [0.1, 0.15) is 11.8 Å². The van der Waals surface area contributed by atoms with Crippen LogP contribution in [0.15, 0.2) is 53.3 Å². The molecule has 166 valence electrons. The van der Waals surface area contributed by atoms with E-state index in [0.29, 0.717) is 33.4 Å². The number of methoxy groups -OCH3 is 1. The second kappa shape index (κ2) is 9.65. The Balaban J connectivity index is 1.88. The minimum absolute atomic E-state index is 0.188. The standard InChI is InChI=1S/C23H23ClN4O4/c1-13-5-6-16(11-20(13)25-15(3)29)19-8-10-22(30)28(27-19)14(2)23(31)26-17-7-9-21(32-4)18(24)12-17/h5-12,14H,1-4H3,(H,25,29)(H,26,31).